The van der Waals surface area contributed by atoms with Gasteiger partial charge in [-0.05, 0) is 43.4 Å². The van der Waals surface area contributed by atoms with Gasteiger partial charge in [0.2, 0.25) is 11.8 Å². The molecule has 2 aliphatic rings. The fraction of sp³-hybridized carbons (Fsp3) is 0.682. The zero-order valence-electron chi connectivity index (χ0n) is 17.0. The van der Waals surface area contributed by atoms with Crippen LogP contribution in [0.25, 0.3) is 0 Å². The number of piperidine rings is 1. The van der Waals surface area contributed by atoms with Crippen LogP contribution < -0.4 is 0 Å². The monoisotopic (exact) mass is 371 g/mol. The predicted octanol–water partition coefficient (Wildman–Crippen LogP) is 3.81. The van der Waals surface area contributed by atoms with Gasteiger partial charge in [-0.15, -0.1) is 0 Å². The molecule has 1 atom stereocenters. The lowest BCUT2D eigenvalue weighted by atomic mass is 9.90. The minimum Gasteiger partial charge on any atom is -0.342 e. The summed E-state index contributed by atoms with van der Waals surface area (Å²) in [6.07, 6.45) is 9.64. The molecule has 2 aliphatic heterocycles. The summed E-state index contributed by atoms with van der Waals surface area (Å²) in [4.78, 5) is 34.1. The van der Waals surface area contributed by atoms with Crippen molar-refractivity contribution in [1.29, 1.82) is 0 Å². The van der Waals surface area contributed by atoms with E-state index in [1.165, 1.54) is 12.0 Å². The summed E-state index contributed by atoms with van der Waals surface area (Å²) in [5.74, 6) is 0.510. The van der Waals surface area contributed by atoms with Gasteiger partial charge in [0.25, 0.3) is 0 Å². The second-order valence-electron chi connectivity index (χ2n) is 8.99. The number of likely N-dealkylation sites (tertiary alicyclic amines) is 2. The van der Waals surface area contributed by atoms with Gasteiger partial charge in [-0.2, -0.15) is 0 Å². The first kappa shape index (κ1) is 19.8. The van der Waals surface area contributed by atoms with E-state index in [1.54, 1.807) is 0 Å². The maximum Gasteiger partial charge on any atom is 0.227 e. The van der Waals surface area contributed by atoms with Crippen molar-refractivity contribution in [3.63, 3.8) is 0 Å². The highest BCUT2D eigenvalue weighted by atomic mass is 16.2. The summed E-state index contributed by atoms with van der Waals surface area (Å²) < 4.78 is 0. The summed E-state index contributed by atoms with van der Waals surface area (Å²) in [7, 11) is 0. The Morgan fingerprint density at radius 3 is 2.26 bits per heavy atom. The smallest absolute Gasteiger partial charge is 0.227 e. The third kappa shape index (κ3) is 4.69. The Morgan fingerprint density at radius 1 is 0.963 bits per heavy atom. The van der Waals surface area contributed by atoms with Gasteiger partial charge in [0, 0.05) is 43.4 Å². The minimum absolute atomic E-state index is 0.0384. The van der Waals surface area contributed by atoms with Crippen LogP contribution >= 0.6 is 0 Å². The molecule has 0 aromatic carbocycles. The van der Waals surface area contributed by atoms with Gasteiger partial charge in [-0.3, -0.25) is 14.6 Å². The molecule has 3 rings (SSSR count). The van der Waals surface area contributed by atoms with E-state index in [2.05, 4.69) is 9.88 Å². The van der Waals surface area contributed by atoms with E-state index in [1.807, 2.05) is 50.2 Å². The number of pyridine rings is 1. The van der Waals surface area contributed by atoms with Crippen molar-refractivity contribution in [2.24, 2.45) is 11.3 Å². The SMILES string of the molecule is CC(C)(C)C(=O)N1CCC(C(=O)N2CCCCC[C@@H]2c2ccncc2)CC1. The molecule has 5 nitrogen and oxygen atoms in total. The zero-order valence-corrected chi connectivity index (χ0v) is 17.0. The second kappa shape index (κ2) is 8.41. The van der Waals surface area contributed by atoms with Crippen molar-refractivity contribution in [2.45, 2.75) is 65.3 Å². The van der Waals surface area contributed by atoms with Crippen LogP contribution in [0.4, 0.5) is 0 Å². The number of carbonyl (C=O) groups is 2. The number of amides is 2. The Hall–Kier alpha value is -1.91. The molecule has 0 radical (unpaired) electrons. The molecule has 2 saturated heterocycles. The molecular weight excluding hydrogens is 338 g/mol. The van der Waals surface area contributed by atoms with Gasteiger partial charge < -0.3 is 9.80 Å². The predicted molar refractivity (Wildman–Crippen MR) is 106 cm³/mol. The Balaban J connectivity index is 1.68. The first-order valence-electron chi connectivity index (χ1n) is 10.4. The van der Waals surface area contributed by atoms with Gasteiger partial charge >= 0.3 is 0 Å². The lowest BCUT2D eigenvalue weighted by molar-refractivity contribution is -0.146. The van der Waals surface area contributed by atoms with Gasteiger partial charge in [-0.25, -0.2) is 0 Å². The van der Waals surface area contributed by atoms with Crippen molar-refractivity contribution in [2.75, 3.05) is 19.6 Å². The van der Waals surface area contributed by atoms with Crippen LogP contribution in [0.15, 0.2) is 24.5 Å². The third-order valence-electron chi connectivity index (χ3n) is 5.90. The molecule has 0 saturated carbocycles. The van der Waals surface area contributed by atoms with Crippen LogP contribution in [0.1, 0.15) is 70.9 Å². The lowest BCUT2D eigenvalue weighted by Gasteiger charge is -2.38. The number of aromatic nitrogens is 1. The van der Waals surface area contributed by atoms with E-state index in [-0.39, 0.29) is 29.2 Å². The van der Waals surface area contributed by atoms with E-state index in [0.29, 0.717) is 13.1 Å². The Labute approximate surface area is 163 Å². The molecule has 5 heteroatoms. The van der Waals surface area contributed by atoms with E-state index < -0.39 is 0 Å². The Bertz CT molecular complexity index is 645. The van der Waals surface area contributed by atoms with E-state index in [4.69, 9.17) is 0 Å². The molecule has 148 valence electrons. The van der Waals surface area contributed by atoms with E-state index >= 15 is 0 Å². The van der Waals surface area contributed by atoms with Crippen LogP contribution in [0.5, 0.6) is 0 Å². The molecule has 27 heavy (non-hydrogen) atoms. The van der Waals surface area contributed by atoms with Crippen molar-refractivity contribution < 1.29 is 9.59 Å². The fourth-order valence-electron chi connectivity index (χ4n) is 4.34. The van der Waals surface area contributed by atoms with Crippen LogP contribution in [0.2, 0.25) is 0 Å². The highest BCUT2D eigenvalue weighted by molar-refractivity contribution is 5.83. The standard InChI is InChI=1S/C22H33N3O2/c1-22(2,3)21(27)24-15-10-18(11-16-24)20(26)25-14-6-4-5-7-19(25)17-8-12-23-13-9-17/h8-9,12-13,18-19H,4-7,10-11,14-16H2,1-3H3/t19-/m1/s1. The Morgan fingerprint density at radius 2 is 1.63 bits per heavy atom. The Kier molecular flexibility index (Phi) is 6.18. The van der Waals surface area contributed by atoms with Crippen LogP contribution in [-0.4, -0.2) is 46.2 Å². The molecule has 2 amide bonds. The fourth-order valence-corrected chi connectivity index (χ4v) is 4.34. The molecular formula is C22H33N3O2. The summed E-state index contributed by atoms with van der Waals surface area (Å²) in [5, 5.41) is 0. The number of rotatable bonds is 2. The zero-order chi connectivity index (χ0) is 19.4. The number of carbonyl (C=O) groups excluding carboxylic acids is 2. The lowest BCUT2D eigenvalue weighted by Crippen LogP contribution is -2.48. The number of hydrogen-bond acceptors (Lipinski definition) is 3. The molecule has 0 N–H and O–H groups in total. The molecule has 2 fully saturated rings. The quantitative estimate of drug-likeness (QED) is 0.794. The summed E-state index contributed by atoms with van der Waals surface area (Å²) in [6.45, 7) is 8.11. The normalized spacial score (nSPS) is 22.4. The van der Waals surface area contributed by atoms with E-state index in [0.717, 1.165) is 38.6 Å². The summed E-state index contributed by atoms with van der Waals surface area (Å²) >= 11 is 0. The summed E-state index contributed by atoms with van der Waals surface area (Å²) in [5.41, 5.74) is 0.842. The maximum absolute atomic E-state index is 13.4. The average molecular weight is 372 g/mol. The van der Waals surface area contributed by atoms with Gasteiger partial charge in [0.05, 0.1) is 6.04 Å². The van der Waals surface area contributed by atoms with Gasteiger partial charge in [0.1, 0.15) is 0 Å². The third-order valence-corrected chi connectivity index (χ3v) is 5.90. The highest BCUT2D eigenvalue weighted by Gasteiger charge is 2.36. The molecule has 0 unspecified atom stereocenters. The van der Waals surface area contributed by atoms with Crippen molar-refractivity contribution in [3.05, 3.63) is 30.1 Å². The van der Waals surface area contributed by atoms with E-state index in [9.17, 15) is 9.59 Å². The molecule has 0 spiro atoms. The number of hydrogen-bond donors (Lipinski definition) is 0. The molecule has 1 aromatic heterocycles. The van der Waals surface area contributed by atoms with Crippen LogP contribution in [0.3, 0.4) is 0 Å². The minimum atomic E-state index is -0.353. The van der Waals surface area contributed by atoms with Crippen molar-refractivity contribution in [1.82, 2.24) is 14.8 Å². The van der Waals surface area contributed by atoms with Crippen LogP contribution in [-0.2, 0) is 9.59 Å². The molecule has 0 aliphatic carbocycles. The second-order valence-corrected chi connectivity index (χ2v) is 8.99. The molecule has 0 bridgehead atoms. The molecule has 1 aromatic rings. The van der Waals surface area contributed by atoms with Crippen molar-refractivity contribution >= 4 is 11.8 Å². The maximum atomic E-state index is 13.4. The van der Waals surface area contributed by atoms with Crippen LogP contribution in [0, 0.1) is 11.3 Å². The number of nitrogens with zero attached hydrogens (tertiary/aromatic N) is 3. The molecule has 3 heterocycles. The first-order valence-corrected chi connectivity index (χ1v) is 10.4. The average Bonchev–Trinajstić information content (AvgIpc) is 2.93. The first-order chi connectivity index (χ1) is 12.9. The summed E-state index contributed by atoms with van der Waals surface area (Å²) in [6, 6.07) is 4.25. The van der Waals surface area contributed by atoms with Gasteiger partial charge in [0.15, 0.2) is 0 Å². The van der Waals surface area contributed by atoms with Crippen molar-refractivity contribution in [3.8, 4) is 0 Å². The largest absolute Gasteiger partial charge is 0.342 e. The highest BCUT2D eigenvalue weighted by Crippen LogP contribution is 2.33. The van der Waals surface area contributed by atoms with Gasteiger partial charge in [-0.1, -0.05) is 33.6 Å². The topological polar surface area (TPSA) is 53.5 Å².